The smallest absolute Gasteiger partial charge is 0.232 e. The maximum Gasteiger partial charge on any atom is 0.232 e. The van der Waals surface area contributed by atoms with E-state index in [4.69, 9.17) is 4.74 Å². The molecule has 0 atom stereocenters. The number of ether oxygens (including phenoxy) is 1. The van der Waals surface area contributed by atoms with Crippen LogP contribution in [-0.4, -0.2) is 24.0 Å². The molecular formula is C27H22N2O2. The Balaban J connectivity index is 1.36. The highest BCUT2D eigenvalue weighted by molar-refractivity contribution is 5.87. The third-order valence-electron chi connectivity index (χ3n) is 4.90. The Labute approximate surface area is 181 Å². The summed E-state index contributed by atoms with van der Waals surface area (Å²) in [4.78, 5) is 17.3. The van der Waals surface area contributed by atoms with Gasteiger partial charge >= 0.3 is 0 Å². The monoisotopic (exact) mass is 406 g/mol. The van der Waals surface area contributed by atoms with Crippen molar-refractivity contribution in [3.8, 4) is 17.6 Å². The van der Waals surface area contributed by atoms with E-state index in [1.165, 1.54) is 0 Å². The number of nitrogens with zero attached hydrogens (tertiary/aromatic N) is 1. The fourth-order valence-electron chi connectivity index (χ4n) is 3.44. The van der Waals surface area contributed by atoms with Gasteiger partial charge in [0.25, 0.3) is 0 Å². The van der Waals surface area contributed by atoms with Crippen LogP contribution in [0.25, 0.3) is 10.9 Å². The van der Waals surface area contributed by atoms with Gasteiger partial charge < -0.3 is 10.1 Å². The van der Waals surface area contributed by atoms with Crippen molar-refractivity contribution < 1.29 is 9.53 Å². The van der Waals surface area contributed by atoms with Gasteiger partial charge in [0.2, 0.25) is 5.91 Å². The molecule has 0 aliphatic heterocycles. The number of benzene rings is 3. The average Bonchev–Trinajstić information content (AvgIpc) is 2.83. The van der Waals surface area contributed by atoms with Crippen LogP contribution in [0.2, 0.25) is 0 Å². The van der Waals surface area contributed by atoms with E-state index in [1.54, 1.807) is 6.20 Å². The third-order valence-corrected chi connectivity index (χ3v) is 4.90. The van der Waals surface area contributed by atoms with Crippen molar-refractivity contribution in [1.82, 2.24) is 10.3 Å². The Morgan fingerprint density at radius 3 is 2.23 bits per heavy atom. The lowest BCUT2D eigenvalue weighted by atomic mass is 9.90. The summed E-state index contributed by atoms with van der Waals surface area (Å²) in [5.74, 6) is 6.17. The summed E-state index contributed by atoms with van der Waals surface area (Å²) < 4.78 is 5.76. The minimum absolute atomic E-state index is 0.0779. The molecule has 0 fully saturated rings. The van der Waals surface area contributed by atoms with Crippen LogP contribution in [0.5, 0.6) is 5.75 Å². The Hall–Kier alpha value is -4.10. The number of hydrogen-bond acceptors (Lipinski definition) is 3. The topological polar surface area (TPSA) is 51.2 Å². The van der Waals surface area contributed by atoms with E-state index in [1.807, 2.05) is 91.0 Å². The molecule has 0 spiro atoms. The molecule has 0 bridgehead atoms. The van der Waals surface area contributed by atoms with E-state index in [2.05, 4.69) is 22.1 Å². The zero-order chi connectivity index (χ0) is 21.3. The zero-order valence-electron chi connectivity index (χ0n) is 17.0. The lowest BCUT2D eigenvalue weighted by molar-refractivity contribution is -0.121. The molecule has 4 aromatic rings. The predicted molar refractivity (Wildman–Crippen MR) is 123 cm³/mol. The summed E-state index contributed by atoms with van der Waals surface area (Å²) >= 11 is 0. The van der Waals surface area contributed by atoms with Gasteiger partial charge in [0, 0.05) is 11.6 Å². The van der Waals surface area contributed by atoms with E-state index in [0.29, 0.717) is 5.75 Å². The summed E-state index contributed by atoms with van der Waals surface area (Å²) in [6, 6.07) is 29.2. The first-order valence-electron chi connectivity index (χ1n) is 10.1. The van der Waals surface area contributed by atoms with E-state index < -0.39 is 0 Å². The molecule has 3 aromatic carbocycles. The highest BCUT2D eigenvalue weighted by Gasteiger charge is 2.21. The van der Waals surface area contributed by atoms with Crippen molar-refractivity contribution in [3.63, 3.8) is 0 Å². The van der Waals surface area contributed by atoms with Crippen molar-refractivity contribution in [2.75, 3.05) is 13.2 Å². The van der Waals surface area contributed by atoms with Gasteiger partial charge in [-0.2, -0.15) is 0 Å². The number of aromatic nitrogens is 1. The summed E-state index contributed by atoms with van der Waals surface area (Å²) in [7, 11) is 0. The van der Waals surface area contributed by atoms with Gasteiger partial charge in [-0.15, -0.1) is 0 Å². The maximum atomic E-state index is 12.9. The first-order chi connectivity index (χ1) is 15.3. The summed E-state index contributed by atoms with van der Waals surface area (Å²) in [5.41, 5.74) is 2.71. The van der Waals surface area contributed by atoms with Gasteiger partial charge in [-0.3, -0.25) is 9.78 Å². The molecule has 1 heterocycles. The van der Waals surface area contributed by atoms with Crippen LogP contribution < -0.4 is 10.1 Å². The molecule has 152 valence electrons. The Morgan fingerprint density at radius 2 is 1.52 bits per heavy atom. The summed E-state index contributed by atoms with van der Waals surface area (Å²) in [5, 5.41) is 3.95. The number of nitrogens with one attached hydrogen (secondary N) is 1. The molecule has 4 heteroatoms. The number of para-hydroxylation sites is 1. The van der Waals surface area contributed by atoms with Crippen molar-refractivity contribution >= 4 is 16.8 Å². The summed E-state index contributed by atoms with van der Waals surface area (Å²) in [6.07, 6.45) is 1.74. The zero-order valence-corrected chi connectivity index (χ0v) is 17.0. The number of amides is 1. The molecule has 0 aliphatic carbocycles. The highest BCUT2D eigenvalue weighted by atomic mass is 16.5. The molecule has 31 heavy (non-hydrogen) atoms. The number of pyridine rings is 1. The number of hydrogen-bond donors (Lipinski definition) is 1. The Bertz CT molecular complexity index is 1170. The average molecular weight is 406 g/mol. The van der Waals surface area contributed by atoms with Gasteiger partial charge in [0.1, 0.15) is 17.9 Å². The van der Waals surface area contributed by atoms with Gasteiger partial charge in [-0.25, -0.2) is 0 Å². The van der Waals surface area contributed by atoms with Crippen LogP contribution in [0.3, 0.4) is 0 Å². The lowest BCUT2D eigenvalue weighted by Crippen LogP contribution is -2.30. The molecule has 4 rings (SSSR count). The number of carbonyl (C=O) groups excluding carboxylic acids is 1. The molecule has 1 N–H and O–H groups in total. The minimum Gasteiger partial charge on any atom is -0.479 e. The SMILES string of the molecule is O=C(NCC#CCOc1cccc2cccnc12)C(c1ccccc1)c1ccccc1. The van der Waals surface area contributed by atoms with Crippen molar-refractivity contribution in [1.29, 1.82) is 0 Å². The Morgan fingerprint density at radius 1 is 0.839 bits per heavy atom. The van der Waals surface area contributed by atoms with Gasteiger partial charge in [-0.05, 0) is 23.3 Å². The normalized spacial score (nSPS) is 10.4. The first kappa shape index (κ1) is 20.2. The minimum atomic E-state index is -0.373. The summed E-state index contributed by atoms with van der Waals surface area (Å²) in [6.45, 7) is 0.485. The second kappa shape index (κ2) is 10.1. The molecular weight excluding hydrogens is 384 g/mol. The van der Waals surface area contributed by atoms with Crippen LogP contribution >= 0.6 is 0 Å². The molecule has 0 unspecified atom stereocenters. The van der Waals surface area contributed by atoms with Crippen LogP contribution in [-0.2, 0) is 4.79 Å². The number of carbonyl (C=O) groups is 1. The number of fused-ring (bicyclic) bond motifs is 1. The largest absolute Gasteiger partial charge is 0.479 e. The third kappa shape index (κ3) is 5.09. The van der Waals surface area contributed by atoms with E-state index in [0.717, 1.165) is 22.0 Å². The highest BCUT2D eigenvalue weighted by Crippen LogP contribution is 2.25. The second-order valence-corrected chi connectivity index (χ2v) is 6.95. The second-order valence-electron chi connectivity index (χ2n) is 6.95. The van der Waals surface area contributed by atoms with Crippen LogP contribution in [0, 0.1) is 11.8 Å². The quantitative estimate of drug-likeness (QED) is 0.478. The maximum absolute atomic E-state index is 12.9. The van der Waals surface area contributed by atoms with Crippen LogP contribution in [0.4, 0.5) is 0 Å². The molecule has 0 saturated heterocycles. The van der Waals surface area contributed by atoms with E-state index in [-0.39, 0.29) is 25.0 Å². The van der Waals surface area contributed by atoms with Crippen molar-refractivity contribution in [2.24, 2.45) is 0 Å². The molecule has 0 radical (unpaired) electrons. The molecule has 0 saturated carbocycles. The molecule has 4 nitrogen and oxygen atoms in total. The van der Waals surface area contributed by atoms with Gasteiger partial charge in [0.15, 0.2) is 0 Å². The van der Waals surface area contributed by atoms with Gasteiger partial charge in [0.05, 0.1) is 12.5 Å². The fraction of sp³-hybridized carbons (Fsp3) is 0.111. The van der Waals surface area contributed by atoms with Crippen LogP contribution in [0.1, 0.15) is 17.0 Å². The van der Waals surface area contributed by atoms with E-state index >= 15 is 0 Å². The predicted octanol–water partition coefficient (Wildman–Crippen LogP) is 4.57. The standard InChI is InChI=1S/C27H22N2O2/c30-27(25(21-11-3-1-4-12-21)22-13-5-2-6-14-22)29-18-7-8-20-31-24-17-9-15-23-16-10-19-28-26(23)24/h1-6,9-17,19,25H,18,20H2,(H,29,30). The molecule has 0 aliphatic rings. The van der Waals surface area contributed by atoms with Gasteiger partial charge in [-0.1, -0.05) is 90.7 Å². The van der Waals surface area contributed by atoms with Crippen molar-refractivity contribution in [3.05, 3.63) is 108 Å². The fourth-order valence-corrected chi connectivity index (χ4v) is 3.44. The first-order valence-corrected chi connectivity index (χ1v) is 10.1. The lowest BCUT2D eigenvalue weighted by Gasteiger charge is -2.17. The Kier molecular flexibility index (Phi) is 6.57. The van der Waals surface area contributed by atoms with Crippen LogP contribution in [0.15, 0.2) is 97.2 Å². The van der Waals surface area contributed by atoms with E-state index in [9.17, 15) is 4.79 Å². The molecule has 1 amide bonds. The molecule has 1 aromatic heterocycles. The van der Waals surface area contributed by atoms with Crippen molar-refractivity contribution in [2.45, 2.75) is 5.92 Å². The number of rotatable bonds is 6.